The maximum Gasteiger partial charge on any atom is 0.128 e. The Balaban J connectivity index is 2.15. The molecule has 1 aromatic rings. The van der Waals surface area contributed by atoms with Gasteiger partial charge in [0.15, 0.2) is 0 Å². The van der Waals surface area contributed by atoms with E-state index in [1.807, 2.05) is 6.92 Å². The monoisotopic (exact) mass is 234 g/mol. The fraction of sp³-hybridized carbons (Fsp3) is 0.615. The first-order valence-corrected chi connectivity index (χ1v) is 6.23. The van der Waals surface area contributed by atoms with Crippen molar-refractivity contribution in [3.05, 3.63) is 23.4 Å². The Hall–Kier alpha value is -1.13. The minimum absolute atomic E-state index is 0.568. The van der Waals surface area contributed by atoms with Crippen LogP contribution in [0.3, 0.4) is 0 Å². The molecule has 0 spiro atoms. The largest absolute Gasteiger partial charge is 0.354 e. The van der Waals surface area contributed by atoms with Crippen molar-refractivity contribution in [2.75, 3.05) is 31.6 Å². The topological polar surface area (TPSA) is 45.4 Å². The first kappa shape index (κ1) is 12.3. The molecular weight excluding hydrogens is 212 g/mol. The minimum atomic E-state index is 0.568. The highest BCUT2D eigenvalue weighted by Crippen LogP contribution is 2.18. The van der Waals surface area contributed by atoms with E-state index in [9.17, 15) is 0 Å². The van der Waals surface area contributed by atoms with Gasteiger partial charge in [0.1, 0.15) is 5.82 Å². The number of pyridine rings is 1. The van der Waals surface area contributed by atoms with Gasteiger partial charge in [-0.1, -0.05) is 6.07 Å². The summed E-state index contributed by atoms with van der Waals surface area (Å²) in [5, 5.41) is 0. The van der Waals surface area contributed by atoms with Crippen LogP contribution in [0, 0.1) is 6.92 Å². The van der Waals surface area contributed by atoms with Gasteiger partial charge >= 0.3 is 0 Å². The van der Waals surface area contributed by atoms with Crippen molar-refractivity contribution in [1.29, 1.82) is 0 Å². The number of anilines is 1. The van der Waals surface area contributed by atoms with Crippen LogP contribution in [0.5, 0.6) is 0 Å². The van der Waals surface area contributed by atoms with Gasteiger partial charge in [-0.25, -0.2) is 4.98 Å². The number of aryl methyl sites for hydroxylation is 1. The molecule has 2 heterocycles. The Kier molecular flexibility index (Phi) is 3.64. The maximum absolute atomic E-state index is 5.66. The van der Waals surface area contributed by atoms with Crippen molar-refractivity contribution < 1.29 is 0 Å². The summed E-state index contributed by atoms with van der Waals surface area (Å²) in [5.74, 6) is 1.08. The van der Waals surface area contributed by atoms with Gasteiger partial charge in [-0.05, 0) is 32.5 Å². The lowest BCUT2D eigenvalue weighted by Crippen LogP contribution is -2.50. The van der Waals surface area contributed by atoms with Crippen molar-refractivity contribution in [2.24, 2.45) is 5.73 Å². The van der Waals surface area contributed by atoms with Crippen LogP contribution in [-0.2, 0) is 6.54 Å². The average Bonchev–Trinajstić information content (AvgIpc) is 2.32. The second-order valence-corrected chi connectivity index (χ2v) is 4.89. The van der Waals surface area contributed by atoms with E-state index in [0.29, 0.717) is 12.6 Å². The quantitative estimate of drug-likeness (QED) is 0.829. The van der Waals surface area contributed by atoms with Gasteiger partial charge in [-0.15, -0.1) is 0 Å². The van der Waals surface area contributed by atoms with E-state index in [1.165, 1.54) is 0 Å². The molecule has 1 unspecified atom stereocenters. The van der Waals surface area contributed by atoms with Crippen LogP contribution in [0.25, 0.3) is 0 Å². The summed E-state index contributed by atoms with van der Waals surface area (Å²) in [4.78, 5) is 9.40. The third kappa shape index (κ3) is 2.58. The van der Waals surface area contributed by atoms with Crippen LogP contribution < -0.4 is 10.6 Å². The van der Waals surface area contributed by atoms with E-state index >= 15 is 0 Å². The summed E-state index contributed by atoms with van der Waals surface area (Å²) in [5.41, 5.74) is 7.85. The van der Waals surface area contributed by atoms with Gasteiger partial charge in [0.05, 0.1) is 0 Å². The second kappa shape index (κ2) is 5.02. The van der Waals surface area contributed by atoms with E-state index in [2.05, 4.69) is 40.9 Å². The van der Waals surface area contributed by atoms with Crippen LogP contribution in [0.1, 0.15) is 18.2 Å². The highest BCUT2D eigenvalue weighted by molar-refractivity contribution is 5.42. The number of rotatable bonds is 2. The molecule has 1 aromatic heterocycles. The predicted molar refractivity (Wildman–Crippen MR) is 71.2 cm³/mol. The number of piperazine rings is 1. The third-order valence-electron chi connectivity index (χ3n) is 3.68. The molecule has 4 heteroatoms. The summed E-state index contributed by atoms with van der Waals surface area (Å²) in [7, 11) is 2.18. The number of nitrogens with zero attached hydrogens (tertiary/aromatic N) is 3. The Morgan fingerprint density at radius 2 is 2.18 bits per heavy atom. The van der Waals surface area contributed by atoms with Gasteiger partial charge in [0.2, 0.25) is 0 Å². The number of hydrogen-bond acceptors (Lipinski definition) is 4. The fourth-order valence-electron chi connectivity index (χ4n) is 2.23. The van der Waals surface area contributed by atoms with E-state index in [4.69, 9.17) is 5.73 Å². The van der Waals surface area contributed by atoms with E-state index < -0.39 is 0 Å². The summed E-state index contributed by atoms with van der Waals surface area (Å²) in [6, 6.07) is 4.77. The molecule has 0 bridgehead atoms. The molecule has 0 aliphatic carbocycles. The Bertz CT molecular complexity index is 391. The molecule has 17 heavy (non-hydrogen) atoms. The van der Waals surface area contributed by atoms with Crippen LogP contribution in [0.4, 0.5) is 5.82 Å². The lowest BCUT2D eigenvalue weighted by Gasteiger charge is -2.38. The first-order chi connectivity index (χ1) is 8.11. The molecule has 2 N–H and O–H groups in total. The summed E-state index contributed by atoms with van der Waals surface area (Å²) in [6.07, 6.45) is 0. The zero-order chi connectivity index (χ0) is 12.4. The number of likely N-dealkylation sites (N-methyl/N-ethyl adjacent to an activating group) is 1. The Morgan fingerprint density at radius 1 is 1.41 bits per heavy atom. The van der Waals surface area contributed by atoms with Crippen molar-refractivity contribution >= 4 is 5.82 Å². The minimum Gasteiger partial charge on any atom is -0.354 e. The molecule has 94 valence electrons. The van der Waals surface area contributed by atoms with Crippen molar-refractivity contribution in [3.8, 4) is 0 Å². The molecule has 2 rings (SSSR count). The zero-order valence-electron chi connectivity index (χ0n) is 11.0. The molecule has 0 saturated carbocycles. The van der Waals surface area contributed by atoms with Crippen LogP contribution >= 0.6 is 0 Å². The lowest BCUT2D eigenvalue weighted by molar-refractivity contribution is 0.233. The SMILES string of the molecule is Cc1nc(N2CCN(C)C(C)C2)ccc1CN. The normalized spacial score (nSPS) is 21.9. The average molecular weight is 234 g/mol. The molecule has 1 aliphatic rings. The summed E-state index contributed by atoms with van der Waals surface area (Å²) >= 11 is 0. The molecular formula is C13H22N4. The zero-order valence-corrected chi connectivity index (χ0v) is 11.0. The Morgan fingerprint density at radius 3 is 2.76 bits per heavy atom. The highest BCUT2D eigenvalue weighted by atomic mass is 15.3. The Labute approximate surface area is 103 Å². The van der Waals surface area contributed by atoms with Crippen molar-refractivity contribution in [1.82, 2.24) is 9.88 Å². The van der Waals surface area contributed by atoms with Gasteiger partial charge in [-0.3, -0.25) is 0 Å². The highest BCUT2D eigenvalue weighted by Gasteiger charge is 2.21. The lowest BCUT2D eigenvalue weighted by atomic mass is 10.1. The third-order valence-corrected chi connectivity index (χ3v) is 3.68. The number of aromatic nitrogens is 1. The fourth-order valence-corrected chi connectivity index (χ4v) is 2.23. The molecule has 1 aliphatic heterocycles. The molecule has 0 aromatic carbocycles. The smallest absolute Gasteiger partial charge is 0.128 e. The molecule has 0 amide bonds. The van der Waals surface area contributed by atoms with Crippen LogP contribution in [-0.4, -0.2) is 42.6 Å². The van der Waals surface area contributed by atoms with Gasteiger partial charge in [0, 0.05) is 37.9 Å². The molecule has 4 nitrogen and oxygen atoms in total. The molecule has 1 saturated heterocycles. The predicted octanol–water partition coefficient (Wildman–Crippen LogP) is 0.989. The van der Waals surface area contributed by atoms with Gasteiger partial charge < -0.3 is 15.5 Å². The summed E-state index contributed by atoms with van der Waals surface area (Å²) < 4.78 is 0. The molecule has 0 radical (unpaired) electrons. The van der Waals surface area contributed by atoms with Crippen LogP contribution in [0.2, 0.25) is 0 Å². The second-order valence-electron chi connectivity index (χ2n) is 4.89. The van der Waals surface area contributed by atoms with Gasteiger partial charge in [0.25, 0.3) is 0 Å². The van der Waals surface area contributed by atoms with Crippen LogP contribution in [0.15, 0.2) is 12.1 Å². The number of hydrogen-bond donors (Lipinski definition) is 1. The number of nitrogens with two attached hydrogens (primary N) is 1. The molecule has 1 atom stereocenters. The first-order valence-electron chi connectivity index (χ1n) is 6.23. The summed E-state index contributed by atoms with van der Waals surface area (Å²) in [6.45, 7) is 8.05. The standard InChI is InChI=1S/C13H22N4/c1-10-9-17(7-6-16(10)3)13-5-4-12(8-14)11(2)15-13/h4-5,10H,6-9,14H2,1-3H3. The van der Waals surface area contributed by atoms with E-state index in [1.54, 1.807) is 0 Å². The van der Waals surface area contributed by atoms with E-state index in [-0.39, 0.29) is 0 Å². The van der Waals surface area contributed by atoms with Crippen molar-refractivity contribution in [2.45, 2.75) is 26.4 Å². The van der Waals surface area contributed by atoms with Gasteiger partial charge in [-0.2, -0.15) is 0 Å². The van der Waals surface area contributed by atoms with E-state index in [0.717, 1.165) is 36.7 Å². The maximum atomic E-state index is 5.66. The molecule has 1 fully saturated rings. The van der Waals surface area contributed by atoms with Crippen molar-refractivity contribution in [3.63, 3.8) is 0 Å².